The number of likely N-dealkylation sites (tertiary alicyclic amines) is 2. The largest absolute Gasteiger partial charge is 0.369 e. The summed E-state index contributed by atoms with van der Waals surface area (Å²) in [5.41, 5.74) is 5.28. The highest BCUT2D eigenvalue weighted by molar-refractivity contribution is 6.35. The van der Waals surface area contributed by atoms with Gasteiger partial charge >= 0.3 is 11.8 Å². The first-order chi connectivity index (χ1) is 9.91. The van der Waals surface area contributed by atoms with Gasteiger partial charge in [-0.05, 0) is 46.0 Å². The van der Waals surface area contributed by atoms with Crippen molar-refractivity contribution in [2.24, 2.45) is 11.7 Å². The molecule has 118 valence electrons. The van der Waals surface area contributed by atoms with E-state index in [2.05, 4.69) is 0 Å². The maximum atomic E-state index is 12.5. The molecule has 2 unspecified atom stereocenters. The molecule has 21 heavy (non-hydrogen) atoms. The van der Waals surface area contributed by atoms with Crippen molar-refractivity contribution in [2.75, 3.05) is 13.1 Å². The number of carbonyl (C=O) groups is 3. The maximum Gasteiger partial charge on any atom is 0.312 e. The van der Waals surface area contributed by atoms with Gasteiger partial charge in [-0.2, -0.15) is 0 Å². The molecule has 0 radical (unpaired) electrons. The molecule has 2 atom stereocenters. The van der Waals surface area contributed by atoms with Gasteiger partial charge in [0, 0.05) is 31.1 Å². The van der Waals surface area contributed by atoms with Crippen LogP contribution in [0.5, 0.6) is 0 Å². The molecule has 0 spiro atoms. The van der Waals surface area contributed by atoms with Crippen molar-refractivity contribution in [1.29, 1.82) is 0 Å². The van der Waals surface area contributed by atoms with E-state index in [4.69, 9.17) is 5.73 Å². The minimum Gasteiger partial charge on any atom is -0.369 e. The highest BCUT2D eigenvalue weighted by Gasteiger charge is 2.36. The van der Waals surface area contributed by atoms with E-state index in [-0.39, 0.29) is 23.9 Å². The van der Waals surface area contributed by atoms with Crippen molar-refractivity contribution < 1.29 is 14.4 Å². The Kier molecular flexibility index (Phi) is 4.85. The van der Waals surface area contributed by atoms with Gasteiger partial charge in [-0.1, -0.05) is 0 Å². The molecule has 0 saturated carbocycles. The quantitative estimate of drug-likeness (QED) is 0.715. The van der Waals surface area contributed by atoms with Crippen molar-refractivity contribution in [3.05, 3.63) is 0 Å². The van der Waals surface area contributed by atoms with Crippen LogP contribution in [0.2, 0.25) is 0 Å². The van der Waals surface area contributed by atoms with Crippen LogP contribution in [0.4, 0.5) is 0 Å². The summed E-state index contributed by atoms with van der Waals surface area (Å²) in [5, 5.41) is 0. The van der Waals surface area contributed by atoms with Gasteiger partial charge in [-0.25, -0.2) is 0 Å². The summed E-state index contributed by atoms with van der Waals surface area (Å²) in [6.07, 6.45) is 4.11. The first-order valence-corrected chi connectivity index (χ1v) is 7.82. The van der Waals surface area contributed by atoms with Crippen LogP contribution in [0.1, 0.15) is 46.0 Å². The average molecular weight is 295 g/mol. The molecule has 0 aromatic carbocycles. The molecule has 0 aliphatic carbocycles. The lowest BCUT2D eigenvalue weighted by atomic mass is 9.95. The Morgan fingerprint density at radius 2 is 1.43 bits per heavy atom. The van der Waals surface area contributed by atoms with Crippen molar-refractivity contribution in [3.63, 3.8) is 0 Å². The SMILES string of the molecule is CC1CCCC(C)N1C(=O)C(=O)N1CCC(C(N)=O)CC1. The van der Waals surface area contributed by atoms with Gasteiger partial charge < -0.3 is 15.5 Å². The van der Waals surface area contributed by atoms with Gasteiger partial charge in [0.25, 0.3) is 0 Å². The molecule has 3 amide bonds. The zero-order chi connectivity index (χ0) is 15.6. The van der Waals surface area contributed by atoms with Crippen LogP contribution in [0, 0.1) is 5.92 Å². The molecule has 2 rings (SSSR count). The molecule has 2 fully saturated rings. The lowest BCUT2D eigenvalue weighted by molar-refractivity contribution is -0.156. The number of piperidine rings is 2. The lowest BCUT2D eigenvalue weighted by Gasteiger charge is -2.40. The van der Waals surface area contributed by atoms with E-state index < -0.39 is 11.8 Å². The zero-order valence-corrected chi connectivity index (χ0v) is 12.9. The number of nitrogens with zero attached hydrogens (tertiary/aromatic N) is 2. The number of hydrogen-bond donors (Lipinski definition) is 1. The van der Waals surface area contributed by atoms with E-state index in [0.717, 1.165) is 19.3 Å². The van der Waals surface area contributed by atoms with Crippen LogP contribution in [0.3, 0.4) is 0 Å². The second-order valence-electron chi connectivity index (χ2n) is 6.31. The third-order valence-corrected chi connectivity index (χ3v) is 4.80. The van der Waals surface area contributed by atoms with E-state index >= 15 is 0 Å². The lowest BCUT2D eigenvalue weighted by Crippen LogP contribution is -2.55. The number of hydrogen-bond acceptors (Lipinski definition) is 3. The third kappa shape index (κ3) is 3.36. The van der Waals surface area contributed by atoms with Crippen LogP contribution >= 0.6 is 0 Å². The molecule has 2 aliphatic rings. The minimum absolute atomic E-state index is 0.119. The Hall–Kier alpha value is -1.59. The third-order valence-electron chi connectivity index (χ3n) is 4.80. The Morgan fingerprint density at radius 1 is 0.905 bits per heavy atom. The van der Waals surface area contributed by atoms with Crippen molar-refractivity contribution in [3.8, 4) is 0 Å². The van der Waals surface area contributed by atoms with E-state index in [0.29, 0.717) is 25.9 Å². The van der Waals surface area contributed by atoms with E-state index in [9.17, 15) is 14.4 Å². The summed E-state index contributed by atoms with van der Waals surface area (Å²) in [4.78, 5) is 39.3. The van der Waals surface area contributed by atoms with Crippen LogP contribution in [-0.2, 0) is 14.4 Å². The maximum absolute atomic E-state index is 12.5. The molecule has 2 heterocycles. The molecule has 2 saturated heterocycles. The predicted octanol–water partition coefficient (Wildman–Crippen LogP) is 0.500. The minimum atomic E-state index is -0.432. The number of rotatable bonds is 1. The molecular formula is C15H25N3O3. The fraction of sp³-hybridized carbons (Fsp3) is 0.800. The first kappa shape index (κ1) is 15.8. The smallest absolute Gasteiger partial charge is 0.312 e. The molecule has 6 heteroatoms. The second-order valence-corrected chi connectivity index (χ2v) is 6.31. The summed E-state index contributed by atoms with van der Waals surface area (Å²) in [6, 6.07) is 0.238. The second kappa shape index (κ2) is 6.45. The number of primary amides is 1. The monoisotopic (exact) mass is 295 g/mol. The number of carbonyl (C=O) groups excluding carboxylic acids is 3. The zero-order valence-electron chi connectivity index (χ0n) is 12.9. The van der Waals surface area contributed by atoms with Crippen molar-refractivity contribution in [1.82, 2.24) is 9.80 Å². The summed E-state index contributed by atoms with van der Waals surface area (Å²) in [5.74, 6) is -1.31. The van der Waals surface area contributed by atoms with Gasteiger partial charge in [0.15, 0.2) is 0 Å². The molecule has 2 aliphatic heterocycles. The van der Waals surface area contributed by atoms with Gasteiger partial charge in [-0.3, -0.25) is 14.4 Å². The summed E-state index contributed by atoms with van der Waals surface area (Å²) in [6.45, 7) is 4.88. The van der Waals surface area contributed by atoms with Crippen LogP contribution in [0.15, 0.2) is 0 Å². The van der Waals surface area contributed by atoms with Crippen LogP contribution in [-0.4, -0.2) is 52.7 Å². The van der Waals surface area contributed by atoms with Crippen molar-refractivity contribution in [2.45, 2.75) is 58.0 Å². The molecule has 2 N–H and O–H groups in total. The number of nitrogens with two attached hydrogens (primary N) is 1. The summed E-state index contributed by atoms with van der Waals surface area (Å²) < 4.78 is 0. The van der Waals surface area contributed by atoms with Gasteiger partial charge in [0.1, 0.15) is 0 Å². The van der Waals surface area contributed by atoms with Gasteiger partial charge in [-0.15, -0.1) is 0 Å². The molecule has 0 aromatic heterocycles. The van der Waals surface area contributed by atoms with Gasteiger partial charge in [0.2, 0.25) is 5.91 Å². The molecular weight excluding hydrogens is 270 g/mol. The standard InChI is InChI=1S/C15H25N3O3/c1-10-4-3-5-11(2)18(10)15(21)14(20)17-8-6-12(7-9-17)13(16)19/h10-12H,3-9H2,1-2H3,(H2,16,19). The molecule has 0 bridgehead atoms. The normalized spacial score (nSPS) is 27.5. The fourth-order valence-corrected chi connectivity index (χ4v) is 3.43. The highest BCUT2D eigenvalue weighted by atomic mass is 16.2. The summed E-state index contributed by atoms with van der Waals surface area (Å²) in [7, 11) is 0. The van der Waals surface area contributed by atoms with E-state index in [1.165, 1.54) is 0 Å². The van der Waals surface area contributed by atoms with Crippen LogP contribution in [0.25, 0.3) is 0 Å². The Morgan fingerprint density at radius 3 is 1.90 bits per heavy atom. The fourth-order valence-electron chi connectivity index (χ4n) is 3.43. The van der Waals surface area contributed by atoms with Crippen molar-refractivity contribution >= 4 is 17.7 Å². The highest BCUT2D eigenvalue weighted by Crippen LogP contribution is 2.24. The predicted molar refractivity (Wildman–Crippen MR) is 78.1 cm³/mol. The Balaban J connectivity index is 1.97. The Bertz CT molecular complexity index is 420. The number of amides is 3. The molecule has 0 aromatic rings. The Labute approximate surface area is 125 Å². The van der Waals surface area contributed by atoms with Gasteiger partial charge in [0.05, 0.1) is 0 Å². The summed E-state index contributed by atoms with van der Waals surface area (Å²) >= 11 is 0. The topological polar surface area (TPSA) is 83.7 Å². The van der Waals surface area contributed by atoms with E-state index in [1.807, 2.05) is 13.8 Å². The first-order valence-electron chi connectivity index (χ1n) is 7.82. The molecule has 6 nitrogen and oxygen atoms in total. The van der Waals surface area contributed by atoms with E-state index in [1.54, 1.807) is 9.80 Å². The van der Waals surface area contributed by atoms with Crippen LogP contribution < -0.4 is 5.73 Å². The average Bonchev–Trinajstić information content (AvgIpc) is 2.46.